The largest absolute Gasteiger partial charge is 0.362 e. The fourth-order valence-electron chi connectivity index (χ4n) is 2.84. The lowest BCUT2D eigenvalue weighted by Crippen LogP contribution is -2.60. The van der Waals surface area contributed by atoms with Crippen LogP contribution in [0.4, 0.5) is 16.2 Å². The number of benzene rings is 1. The summed E-state index contributed by atoms with van der Waals surface area (Å²) in [6, 6.07) is 4.52. The number of carbonyl (C=O) groups is 2. The zero-order valence-corrected chi connectivity index (χ0v) is 12.1. The second-order valence-corrected chi connectivity index (χ2v) is 5.50. The molecule has 1 aromatic rings. The summed E-state index contributed by atoms with van der Waals surface area (Å²) in [7, 11) is 0. The van der Waals surface area contributed by atoms with Gasteiger partial charge in [0, 0.05) is 37.8 Å². The predicted molar refractivity (Wildman–Crippen MR) is 79.2 cm³/mol. The number of nitrogens with zero attached hydrogens (tertiary/aromatic N) is 3. The molecule has 2 fully saturated rings. The summed E-state index contributed by atoms with van der Waals surface area (Å²) < 4.78 is 0. The molecule has 2 aliphatic heterocycles. The Bertz CT molecular complexity index is 654. The van der Waals surface area contributed by atoms with E-state index in [2.05, 4.69) is 5.32 Å². The molecule has 0 spiro atoms. The number of nitro groups is 1. The summed E-state index contributed by atoms with van der Waals surface area (Å²) >= 11 is 0. The fourth-order valence-corrected chi connectivity index (χ4v) is 2.84. The van der Waals surface area contributed by atoms with E-state index in [9.17, 15) is 19.7 Å². The van der Waals surface area contributed by atoms with Gasteiger partial charge in [0.05, 0.1) is 11.0 Å². The second-order valence-electron chi connectivity index (χ2n) is 5.50. The highest BCUT2D eigenvalue weighted by atomic mass is 16.6. The van der Waals surface area contributed by atoms with Crippen LogP contribution in [-0.4, -0.2) is 53.9 Å². The van der Waals surface area contributed by atoms with Gasteiger partial charge in [0.1, 0.15) is 5.69 Å². The molecule has 1 N–H and O–H groups in total. The van der Waals surface area contributed by atoms with Gasteiger partial charge in [0.2, 0.25) is 0 Å². The van der Waals surface area contributed by atoms with E-state index in [1.165, 1.54) is 13.0 Å². The molecule has 2 aliphatic rings. The van der Waals surface area contributed by atoms with Crippen LogP contribution in [-0.2, 0) is 0 Å². The minimum Gasteiger partial charge on any atom is -0.362 e. The molecule has 22 heavy (non-hydrogen) atoms. The van der Waals surface area contributed by atoms with Crippen molar-refractivity contribution < 1.29 is 14.5 Å². The van der Waals surface area contributed by atoms with Gasteiger partial charge >= 0.3 is 6.03 Å². The van der Waals surface area contributed by atoms with Crippen molar-refractivity contribution in [2.45, 2.75) is 13.0 Å². The van der Waals surface area contributed by atoms with Gasteiger partial charge in [-0.1, -0.05) is 0 Å². The Morgan fingerprint density at radius 2 is 2.14 bits per heavy atom. The third kappa shape index (κ3) is 2.36. The molecule has 0 unspecified atom stereocenters. The van der Waals surface area contributed by atoms with Crippen LogP contribution in [0.1, 0.15) is 17.3 Å². The van der Waals surface area contributed by atoms with Crippen LogP contribution in [0.25, 0.3) is 0 Å². The summed E-state index contributed by atoms with van der Waals surface area (Å²) in [4.78, 5) is 37.3. The standard InChI is InChI=1S/C14H16N4O4/c1-9(19)10-2-3-12(13(6-10)18(21)22)16-7-11(8-16)17-5-4-15-14(17)20/h2-3,6,11H,4-5,7-8H2,1H3,(H,15,20). The van der Waals surface area contributed by atoms with Crippen molar-refractivity contribution in [1.29, 1.82) is 0 Å². The van der Waals surface area contributed by atoms with Gasteiger partial charge in [-0.25, -0.2) is 4.79 Å². The first-order chi connectivity index (χ1) is 10.5. The summed E-state index contributed by atoms with van der Waals surface area (Å²) in [5.41, 5.74) is 0.745. The van der Waals surface area contributed by atoms with Gasteiger partial charge in [0.15, 0.2) is 5.78 Å². The van der Waals surface area contributed by atoms with Crippen LogP contribution in [0.2, 0.25) is 0 Å². The zero-order valence-electron chi connectivity index (χ0n) is 12.1. The van der Waals surface area contributed by atoms with Crippen molar-refractivity contribution in [3.8, 4) is 0 Å². The van der Waals surface area contributed by atoms with E-state index in [1.54, 1.807) is 17.0 Å². The highest BCUT2D eigenvalue weighted by Gasteiger charge is 2.38. The number of nitrogens with one attached hydrogen (secondary N) is 1. The van der Waals surface area contributed by atoms with E-state index in [1.807, 2.05) is 4.90 Å². The monoisotopic (exact) mass is 304 g/mol. The van der Waals surface area contributed by atoms with Gasteiger partial charge in [-0.2, -0.15) is 0 Å². The first-order valence-electron chi connectivity index (χ1n) is 7.06. The number of nitro benzene ring substituents is 1. The van der Waals surface area contributed by atoms with Crippen molar-refractivity contribution in [3.63, 3.8) is 0 Å². The van der Waals surface area contributed by atoms with Crippen LogP contribution < -0.4 is 10.2 Å². The Morgan fingerprint density at radius 3 is 2.68 bits per heavy atom. The maximum atomic E-state index is 11.6. The molecule has 2 amide bonds. The average Bonchev–Trinajstić information content (AvgIpc) is 2.83. The quantitative estimate of drug-likeness (QED) is 0.509. The molecule has 0 aliphatic carbocycles. The van der Waals surface area contributed by atoms with E-state index in [-0.39, 0.29) is 23.5 Å². The van der Waals surface area contributed by atoms with E-state index in [0.717, 1.165) is 0 Å². The summed E-state index contributed by atoms with van der Waals surface area (Å²) in [5, 5.41) is 14.0. The SMILES string of the molecule is CC(=O)c1ccc(N2CC(N3CCNC3=O)C2)c([N+](=O)[O-])c1. The molecule has 2 saturated heterocycles. The number of ketones is 1. The summed E-state index contributed by atoms with van der Waals surface area (Å²) in [5.74, 6) is -0.204. The van der Waals surface area contributed by atoms with Gasteiger partial charge in [-0.05, 0) is 19.1 Å². The Kier molecular flexibility index (Phi) is 3.44. The number of hydrogen-bond donors (Lipinski definition) is 1. The minimum absolute atomic E-state index is 0.0722. The summed E-state index contributed by atoms with van der Waals surface area (Å²) in [6.45, 7) is 3.82. The highest BCUT2D eigenvalue weighted by Crippen LogP contribution is 2.33. The number of urea groups is 1. The highest BCUT2D eigenvalue weighted by molar-refractivity contribution is 5.95. The lowest BCUT2D eigenvalue weighted by atomic mass is 10.0. The predicted octanol–water partition coefficient (Wildman–Crippen LogP) is 1.01. The molecule has 0 radical (unpaired) electrons. The van der Waals surface area contributed by atoms with Gasteiger partial charge < -0.3 is 15.1 Å². The third-order valence-electron chi connectivity index (χ3n) is 4.11. The van der Waals surface area contributed by atoms with E-state index in [0.29, 0.717) is 37.4 Å². The van der Waals surface area contributed by atoms with E-state index < -0.39 is 4.92 Å². The van der Waals surface area contributed by atoms with Crippen LogP contribution >= 0.6 is 0 Å². The molecule has 8 heteroatoms. The van der Waals surface area contributed by atoms with Crippen molar-refractivity contribution >= 4 is 23.2 Å². The molecule has 1 aromatic carbocycles. The number of carbonyl (C=O) groups excluding carboxylic acids is 2. The molecule has 0 saturated carbocycles. The van der Waals surface area contributed by atoms with Gasteiger partial charge in [-0.15, -0.1) is 0 Å². The fraction of sp³-hybridized carbons (Fsp3) is 0.429. The molecule has 2 heterocycles. The second kappa shape index (κ2) is 5.28. The van der Waals surface area contributed by atoms with Crippen LogP contribution in [0.5, 0.6) is 0 Å². The summed E-state index contributed by atoms with van der Waals surface area (Å²) in [6.07, 6.45) is 0. The van der Waals surface area contributed by atoms with Crippen LogP contribution in [0, 0.1) is 10.1 Å². The normalized spacial score (nSPS) is 18.1. The lowest BCUT2D eigenvalue weighted by molar-refractivity contribution is -0.384. The maximum Gasteiger partial charge on any atom is 0.317 e. The molecular formula is C14H16N4O4. The van der Waals surface area contributed by atoms with Crippen molar-refractivity contribution in [1.82, 2.24) is 10.2 Å². The molecule has 0 atom stereocenters. The molecule has 0 bridgehead atoms. The number of amides is 2. The average molecular weight is 304 g/mol. The topological polar surface area (TPSA) is 95.8 Å². The minimum atomic E-state index is -0.475. The van der Waals surface area contributed by atoms with E-state index in [4.69, 9.17) is 0 Å². The van der Waals surface area contributed by atoms with Crippen LogP contribution in [0.3, 0.4) is 0 Å². The van der Waals surface area contributed by atoms with Gasteiger partial charge in [0.25, 0.3) is 5.69 Å². The zero-order chi connectivity index (χ0) is 15.9. The van der Waals surface area contributed by atoms with Crippen molar-refractivity contribution in [3.05, 3.63) is 33.9 Å². The van der Waals surface area contributed by atoms with Gasteiger partial charge in [-0.3, -0.25) is 14.9 Å². The number of Topliss-reactive ketones (excluding diaryl/α,β-unsaturated/α-hetero) is 1. The molecule has 8 nitrogen and oxygen atoms in total. The number of anilines is 1. The first-order valence-corrected chi connectivity index (χ1v) is 7.06. The Balaban J connectivity index is 1.77. The van der Waals surface area contributed by atoms with Crippen molar-refractivity contribution in [2.24, 2.45) is 0 Å². The molecule has 3 rings (SSSR count). The Labute approximate surface area is 126 Å². The Morgan fingerprint density at radius 1 is 1.41 bits per heavy atom. The lowest BCUT2D eigenvalue weighted by Gasteiger charge is -2.44. The first kappa shape index (κ1) is 14.3. The van der Waals surface area contributed by atoms with Crippen LogP contribution in [0.15, 0.2) is 18.2 Å². The third-order valence-corrected chi connectivity index (χ3v) is 4.11. The van der Waals surface area contributed by atoms with E-state index >= 15 is 0 Å². The molecule has 116 valence electrons. The number of rotatable bonds is 4. The molecule has 0 aromatic heterocycles. The van der Waals surface area contributed by atoms with Crippen molar-refractivity contribution in [2.75, 3.05) is 31.1 Å². The maximum absolute atomic E-state index is 11.6. The number of hydrogen-bond acceptors (Lipinski definition) is 5. The Hall–Kier alpha value is -2.64. The molecular weight excluding hydrogens is 288 g/mol. The smallest absolute Gasteiger partial charge is 0.317 e.